The molecule has 0 aromatic heterocycles. The van der Waals surface area contributed by atoms with Crippen molar-refractivity contribution in [1.29, 1.82) is 0 Å². The monoisotopic (exact) mass is 327 g/mol. The average molecular weight is 327 g/mol. The van der Waals surface area contributed by atoms with Crippen LogP contribution in [0.25, 0.3) is 0 Å². The number of carbonyl (C=O) groups excluding carboxylic acids is 1. The molecule has 1 aromatic rings. The highest BCUT2D eigenvalue weighted by Crippen LogP contribution is 2.25. The molecule has 130 valence electrons. The lowest BCUT2D eigenvalue weighted by Gasteiger charge is -2.36. The molecular weight excluding hydrogens is 298 g/mol. The number of likely N-dealkylation sites (tertiary alicyclic amines) is 1. The predicted molar refractivity (Wildman–Crippen MR) is 98.8 cm³/mol. The molecule has 24 heavy (non-hydrogen) atoms. The van der Waals surface area contributed by atoms with Crippen LogP contribution in [0.15, 0.2) is 48.6 Å². The zero-order valence-corrected chi connectivity index (χ0v) is 14.9. The number of rotatable bonds is 7. The number of hydrogen-bond acceptors (Lipinski definition) is 2. The molecule has 0 aliphatic carbocycles. The van der Waals surface area contributed by atoms with E-state index in [1.807, 2.05) is 24.0 Å². The van der Waals surface area contributed by atoms with Crippen LogP contribution in [-0.4, -0.2) is 34.6 Å². The van der Waals surface area contributed by atoms with Crippen LogP contribution in [-0.2, 0) is 11.2 Å². The maximum absolute atomic E-state index is 12.2. The van der Waals surface area contributed by atoms with E-state index in [-0.39, 0.29) is 11.9 Å². The van der Waals surface area contributed by atoms with E-state index in [0.29, 0.717) is 19.4 Å². The van der Waals surface area contributed by atoms with Crippen molar-refractivity contribution in [1.82, 2.24) is 4.90 Å². The Balaban J connectivity index is 2.04. The summed E-state index contributed by atoms with van der Waals surface area (Å²) < 4.78 is 0. The van der Waals surface area contributed by atoms with Crippen LogP contribution < -0.4 is 0 Å². The predicted octanol–water partition coefficient (Wildman–Crippen LogP) is 3.80. The number of aliphatic hydroxyl groups is 1. The minimum Gasteiger partial charge on any atom is -0.389 e. The van der Waals surface area contributed by atoms with Gasteiger partial charge in [-0.3, -0.25) is 4.79 Å². The van der Waals surface area contributed by atoms with Gasteiger partial charge in [-0.2, -0.15) is 0 Å². The van der Waals surface area contributed by atoms with Crippen LogP contribution in [0.4, 0.5) is 0 Å². The van der Waals surface area contributed by atoms with Crippen molar-refractivity contribution in [2.75, 3.05) is 6.54 Å². The second kappa shape index (κ2) is 8.84. The molecule has 1 N–H and O–H groups in total. The third kappa shape index (κ3) is 5.07. The van der Waals surface area contributed by atoms with Crippen LogP contribution in [0.3, 0.4) is 0 Å². The summed E-state index contributed by atoms with van der Waals surface area (Å²) in [7, 11) is 0. The number of aryl methyl sites for hydroxylation is 1. The summed E-state index contributed by atoms with van der Waals surface area (Å²) in [6.45, 7) is 8.55. The molecule has 0 spiro atoms. The topological polar surface area (TPSA) is 40.5 Å². The first kappa shape index (κ1) is 18.5. The molecule has 2 rings (SSSR count). The van der Waals surface area contributed by atoms with Gasteiger partial charge in [-0.25, -0.2) is 0 Å². The van der Waals surface area contributed by atoms with Crippen molar-refractivity contribution >= 4 is 5.91 Å². The van der Waals surface area contributed by atoms with Crippen LogP contribution >= 0.6 is 0 Å². The Morgan fingerprint density at radius 3 is 2.79 bits per heavy atom. The summed E-state index contributed by atoms with van der Waals surface area (Å²) >= 11 is 0. The fraction of sp³-hybridized carbons (Fsp3) is 0.476. The molecule has 3 heteroatoms. The van der Waals surface area contributed by atoms with E-state index in [2.05, 4.69) is 37.8 Å². The van der Waals surface area contributed by atoms with Gasteiger partial charge in [0.15, 0.2) is 0 Å². The van der Waals surface area contributed by atoms with Crippen LogP contribution in [0.1, 0.15) is 43.7 Å². The van der Waals surface area contributed by atoms with Gasteiger partial charge in [-0.15, -0.1) is 6.58 Å². The first-order valence-corrected chi connectivity index (χ1v) is 8.83. The maximum atomic E-state index is 12.2. The van der Waals surface area contributed by atoms with Gasteiger partial charge in [0.2, 0.25) is 5.91 Å². The van der Waals surface area contributed by atoms with Crippen LogP contribution in [0.2, 0.25) is 0 Å². The maximum Gasteiger partial charge on any atom is 0.223 e. The minimum atomic E-state index is -0.522. The summed E-state index contributed by atoms with van der Waals surface area (Å²) in [5.41, 5.74) is 3.44. The highest BCUT2D eigenvalue weighted by atomic mass is 16.3. The first-order chi connectivity index (χ1) is 11.5. The van der Waals surface area contributed by atoms with Crippen LogP contribution in [0.5, 0.6) is 0 Å². The van der Waals surface area contributed by atoms with Gasteiger partial charge in [0.05, 0.1) is 12.1 Å². The molecule has 2 atom stereocenters. The summed E-state index contributed by atoms with van der Waals surface area (Å²) in [5, 5.41) is 10.4. The molecule has 0 radical (unpaired) electrons. The number of hydrogen-bond donors (Lipinski definition) is 1. The van der Waals surface area contributed by atoms with Crippen molar-refractivity contribution in [2.24, 2.45) is 0 Å². The summed E-state index contributed by atoms with van der Waals surface area (Å²) in [6, 6.07) is 8.36. The Morgan fingerprint density at radius 2 is 2.12 bits per heavy atom. The van der Waals surface area contributed by atoms with Gasteiger partial charge in [0.25, 0.3) is 0 Å². The highest BCUT2D eigenvalue weighted by Gasteiger charge is 2.28. The fourth-order valence-electron chi connectivity index (χ4n) is 3.34. The third-order valence-corrected chi connectivity index (χ3v) is 4.69. The molecule has 1 heterocycles. The van der Waals surface area contributed by atoms with Crippen molar-refractivity contribution < 1.29 is 9.90 Å². The van der Waals surface area contributed by atoms with Gasteiger partial charge in [-0.05, 0) is 38.7 Å². The lowest BCUT2D eigenvalue weighted by molar-refractivity contribution is -0.135. The number of piperidine rings is 1. The van der Waals surface area contributed by atoms with Crippen molar-refractivity contribution in [2.45, 2.75) is 58.1 Å². The van der Waals surface area contributed by atoms with E-state index >= 15 is 0 Å². The molecule has 1 amide bonds. The van der Waals surface area contributed by atoms with Gasteiger partial charge >= 0.3 is 0 Å². The molecule has 1 saturated heterocycles. The van der Waals surface area contributed by atoms with Gasteiger partial charge < -0.3 is 10.0 Å². The standard InChI is InChI=1S/C21H29NO2/c1-4-5-13-22-20(7-6-8-21(22)24)17(3)14-19(23)15-18-11-9-16(2)10-12-18/h4,9-12,14,19-20,23H,1,5-8,13,15H2,2-3H3/b17-14+. The van der Waals surface area contributed by atoms with Gasteiger partial charge in [0, 0.05) is 19.4 Å². The van der Waals surface area contributed by atoms with Gasteiger partial charge in [0.1, 0.15) is 0 Å². The van der Waals surface area contributed by atoms with E-state index < -0.39 is 6.10 Å². The molecular formula is C21H29NO2. The highest BCUT2D eigenvalue weighted by molar-refractivity contribution is 5.77. The number of aliphatic hydroxyl groups excluding tert-OH is 1. The average Bonchev–Trinajstić information content (AvgIpc) is 2.55. The molecule has 0 bridgehead atoms. The normalized spacial score (nSPS) is 20.1. The summed E-state index contributed by atoms with van der Waals surface area (Å²) in [5.74, 6) is 0.217. The zero-order chi connectivity index (χ0) is 17.5. The smallest absolute Gasteiger partial charge is 0.223 e. The Morgan fingerprint density at radius 1 is 1.42 bits per heavy atom. The zero-order valence-electron chi connectivity index (χ0n) is 14.9. The Bertz CT molecular complexity index is 588. The van der Waals surface area contributed by atoms with Crippen molar-refractivity contribution in [3.05, 3.63) is 59.7 Å². The number of amides is 1. The molecule has 2 unspecified atom stereocenters. The lowest BCUT2D eigenvalue weighted by atomic mass is 9.93. The fourth-order valence-corrected chi connectivity index (χ4v) is 3.34. The quantitative estimate of drug-likeness (QED) is 0.774. The van der Waals surface area contributed by atoms with E-state index in [4.69, 9.17) is 0 Å². The minimum absolute atomic E-state index is 0.110. The lowest BCUT2D eigenvalue weighted by Crippen LogP contribution is -2.44. The Kier molecular flexibility index (Phi) is 6.80. The second-order valence-electron chi connectivity index (χ2n) is 6.74. The van der Waals surface area contributed by atoms with Crippen molar-refractivity contribution in [3.8, 4) is 0 Å². The number of nitrogens with zero attached hydrogens (tertiary/aromatic N) is 1. The second-order valence-corrected chi connectivity index (χ2v) is 6.74. The molecule has 1 aliphatic heterocycles. The Labute approximate surface area is 145 Å². The van der Waals surface area contributed by atoms with Gasteiger partial charge in [-0.1, -0.05) is 47.6 Å². The third-order valence-electron chi connectivity index (χ3n) is 4.69. The summed E-state index contributed by atoms with van der Waals surface area (Å²) in [4.78, 5) is 14.2. The first-order valence-electron chi connectivity index (χ1n) is 8.83. The summed E-state index contributed by atoms with van der Waals surface area (Å²) in [6.07, 6.45) is 7.19. The number of carbonyl (C=O) groups is 1. The molecule has 1 aromatic carbocycles. The Hall–Kier alpha value is -1.87. The van der Waals surface area contributed by atoms with E-state index in [9.17, 15) is 9.90 Å². The van der Waals surface area contributed by atoms with E-state index in [0.717, 1.165) is 30.4 Å². The van der Waals surface area contributed by atoms with Crippen LogP contribution in [0, 0.1) is 6.92 Å². The molecule has 3 nitrogen and oxygen atoms in total. The van der Waals surface area contributed by atoms with E-state index in [1.54, 1.807) is 0 Å². The largest absolute Gasteiger partial charge is 0.389 e. The molecule has 0 saturated carbocycles. The molecule has 1 aliphatic rings. The van der Waals surface area contributed by atoms with Crippen molar-refractivity contribution in [3.63, 3.8) is 0 Å². The molecule has 1 fully saturated rings. The number of benzene rings is 1. The SMILES string of the molecule is C=CCCN1C(=O)CCCC1/C(C)=C/C(O)Cc1ccc(C)cc1. The van der Waals surface area contributed by atoms with E-state index in [1.165, 1.54) is 5.56 Å².